The van der Waals surface area contributed by atoms with Gasteiger partial charge in [-0.2, -0.15) is 5.10 Å². The van der Waals surface area contributed by atoms with E-state index in [1.165, 1.54) is 10.7 Å². The van der Waals surface area contributed by atoms with Crippen LogP contribution < -0.4 is 16.3 Å². The molecule has 0 aliphatic carbocycles. The number of piperidine rings is 1. The normalized spacial score (nSPS) is 24.0. The molecule has 0 aromatic carbocycles. The molecule has 0 saturated carbocycles. The number of rotatable bonds is 2. The quantitative estimate of drug-likeness (QED) is 0.793. The average Bonchev–Trinajstić information content (AvgIpc) is 2.80. The lowest BCUT2D eigenvalue weighted by Crippen LogP contribution is -2.44. The highest BCUT2D eigenvalue weighted by atomic mass is 16.1. The number of hydrogen-bond acceptors (Lipinski definition) is 5. The zero-order chi connectivity index (χ0) is 13.4. The molecular weight excluding hydrogens is 244 g/mol. The summed E-state index contributed by atoms with van der Waals surface area (Å²) in [5, 5.41) is 6.39. The lowest BCUT2D eigenvalue weighted by Gasteiger charge is -2.38. The van der Waals surface area contributed by atoms with E-state index in [9.17, 15) is 4.79 Å². The van der Waals surface area contributed by atoms with Crippen molar-refractivity contribution < 1.29 is 0 Å². The molecule has 0 bridgehead atoms. The Hall–Kier alpha value is -1.89. The monoisotopic (exact) mass is 262 g/mol. The van der Waals surface area contributed by atoms with Crippen LogP contribution in [-0.4, -0.2) is 38.7 Å². The molecule has 1 aliphatic heterocycles. The Balaban J connectivity index is 1.95. The number of hydrogen-bond donors (Lipinski definition) is 2. The summed E-state index contributed by atoms with van der Waals surface area (Å²) in [5.74, 6) is 1.37. The highest BCUT2D eigenvalue weighted by molar-refractivity contribution is 5.51. The first-order chi connectivity index (χ1) is 9.19. The van der Waals surface area contributed by atoms with Gasteiger partial charge in [0.15, 0.2) is 5.65 Å². The molecule has 3 N–H and O–H groups in total. The van der Waals surface area contributed by atoms with Crippen molar-refractivity contribution in [3.8, 4) is 0 Å². The van der Waals surface area contributed by atoms with Crippen LogP contribution in [0.5, 0.6) is 0 Å². The molecule has 0 amide bonds. The van der Waals surface area contributed by atoms with Crippen LogP contribution in [0, 0.1) is 5.92 Å². The predicted molar refractivity (Wildman–Crippen MR) is 72.2 cm³/mol. The Labute approximate surface area is 110 Å². The van der Waals surface area contributed by atoms with E-state index in [4.69, 9.17) is 5.73 Å². The zero-order valence-electron chi connectivity index (χ0n) is 10.9. The van der Waals surface area contributed by atoms with Crippen LogP contribution in [0.25, 0.3) is 5.65 Å². The van der Waals surface area contributed by atoms with E-state index in [0.717, 1.165) is 25.2 Å². The zero-order valence-corrected chi connectivity index (χ0v) is 10.9. The van der Waals surface area contributed by atoms with Gasteiger partial charge in [0.25, 0.3) is 0 Å². The molecule has 0 radical (unpaired) electrons. The maximum absolute atomic E-state index is 11.4. The molecule has 7 heteroatoms. The van der Waals surface area contributed by atoms with Crippen LogP contribution in [-0.2, 0) is 0 Å². The summed E-state index contributed by atoms with van der Waals surface area (Å²) < 4.78 is 1.40. The summed E-state index contributed by atoms with van der Waals surface area (Å²) in [4.78, 5) is 18.0. The number of nitrogens with one attached hydrogen (secondary N) is 1. The van der Waals surface area contributed by atoms with Gasteiger partial charge in [0.2, 0.25) is 0 Å². The molecule has 102 valence electrons. The second kappa shape index (κ2) is 4.65. The minimum atomic E-state index is -0.263. The number of nitrogens with two attached hydrogens (primary N) is 1. The molecule has 7 nitrogen and oxygen atoms in total. The smallest absolute Gasteiger partial charge is 0.348 e. The lowest BCUT2D eigenvalue weighted by molar-refractivity contribution is 0.372. The molecule has 1 fully saturated rings. The summed E-state index contributed by atoms with van der Waals surface area (Å²) in [5.41, 5.74) is 6.10. The van der Waals surface area contributed by atoms with Gasteiger partial charge in [0, 0.05) is 18.7 Å². The molecule has 2 atom stereocenters. The second-order valence-corrected chi connectivity index (χ2v) is 5.18. The van der Waals surface area contributed by atoms with Crippen molar-refractivity contribution in [3.05, 3.63) is 22.9 Å². The van der Waals surface area contributed by atoms with Crippen molar-refractivity contribution in [3.63, 3.8) is 0 Å². The Morgan fingerprint density at radius 2 is 2.37 bits per heavy atom. The van der Waals surface area contributed by atoms with Crippen molar-refractivity contribution >= 4 is 11.5 Å². The van der Waals surface area contributed by atoms with E-state index in [0.29, 0.717) is 24.2 Å². The molecule has 3 heterocycles. The molecule has 2 aromatic rings. The predicted octanol–water partition coefficient (Wildman–Crippen LogP) is -0.0188. The fourth-order valence-corrected chi connectivity index (χ4v) is 2.65. The molecule has 19 heavy (non-hydrogen) atoms. The first-order valence-corrected chi connectivity index (χ1v) is 6.58. The fraction of sp³-hybridized carbons (Fsp3) is 0.583. The van der Waals surface area contributed by atoms with Crippen LogP contribution >= 0.6 is 0 Å². The highest BCUT2D eigenvalue weighted by Crippen LogP contribution is 2.25. The SMILES string of the molecule is CC1CCC(CN)CN1c1cc2n[nH]c(=O)n2cn1. The van der Waals surface area contributed by atoms with Crippen LogP contribution in [0.2, 0.25) is 0 Å². The summed E-state index contributed by atoms with van der Waals surface area (Å²) in [6.07, 6.45) is 3.80. The highest BCUT2D eigenvalue weighted by Gasteiger charge is 2.25. The lowest BCUT2D eigenvalue weighted by atomic mass is 9.93. The summed E-state index contributed by atoms with van der Waals surface area (Å²) in [6.45, 7) is 3.80. The average molecular weight is 262 g/mol. The van der Waals surface area contributed by atoms with E-state index >= 15 is 0 Å². The standard InChI is InChI=1S/C12H18N6O/c1-8-2-3-9(5-13)6-17(8)10-4-11-15-16-12(19)18(11)7-14-10/h4,7-9H,2-3,5-6,13H2,1H3,(H,16,19). The molecule has 2 unspecified atom stereocenters. The van der Waals surface area contributed by atoms with Crippen LogP contribution in [0.4, 0.5) is 5.82 Å². The van der Waals surface area contributed by atoms with E-state index in [2.05, 4.69) is 27.0 Å². The van der Waals surface area contributed by atoms with Crippen molar-refractivity contribution in [2.75, 3.05) is 18.0 Å². The number of anilines is 1. The van der Waals surface area contributed by atoms with Crippen molar-refractivity contribution in [2.24, 2.45) is 11.7 Å². The number of fused-ring (bicyclic) bond motifs is 1. The van der Waals surface area contributed by atoms with Crippen LogP contribution in [0.1, 0.15) is 19.8 Å². The van der Waals surface area contributed by atoms with Gasteiger partial charge < -0.3 is 10.6 Å². The first kappa shape index (κ1) is 12.2. The van der Waals surface area contributed by atoms with Gasteiger partial charge in [-0.15, -0.1) is 0 Å². The number of aromatic amines is 1. The van der Waals surface area contributed by atoms with Gasteiger partial charge in [-0.1, -0.05) is 0 Å². The van der Waals surface area contributed by atoms with Crippen molar-refractivity contribution in [1.29, 1.82) is 0 Å². The van der Waals surface area contributed by atoms with Gasteiger partial charge in [-0.3, -0.25) is 0 Å². The Kier molecular flexibility index (Phi) is 2.98. The maximum Gasteiger partial charge on any atom is 0.348 e. The summed E-state index contributed by atoms with van der Waals surface area (Å²) >= 11 is 0. The second-order valence-electron chi connectivity index (χ2n) is 5.18. The molecule has 2 aromatic heterocycles. The van der Waals surface area contributed by atoms with Gasteiger partial charge >= 0.3 is 5.69 Å². The largest absolute Gasteiger partial charge is 0.353 e. The van der Waals surface area contributed by atoms with Crippen LogP contribution in [0.15, 0.2) is 17.2 Å². The summed E-state index contributed by atoms with van der Waals surface area (Å²) in [6, 6.07) is 2.27. The number of aromatic nitrogens is 4. The Bertz CT molecular complexity index is 632. The maximum atomic E-state index is 11.4. The fourth-order valence-electron chi connectivity index (χ4n) is 2.65. The van der Waals surface area contributed by atoms with E-state index in [-0.39, 0.29) is 5.69 Å². The van der Waals surface area contributed by atoms with E-state index in [1.54, 1.807) is 0 Å². The van der Waals surface area contributed by atoms with Crippen molar-refractivity contribution in [1.82, 2.24) is 19.6 Å². The third kappa shape index (κ3) is 2.10. The minimum Gasteiger partial charge on any atom is -0.353 e. The number of nitrogens with zero attached hydrogens (tertiary/aromatic N) is 4. The third-order valence-corrected chi connectivity index (χ3v) is 3.90. The van der Waals surface area contributed by atoms with E-state index < -0.39 is 0 Å². The molecule has 1 saturated heterocycles. The number of H-pyrrole nitrogens is 1. The first-order valence-electron chi connectivity index (χ1n) is 6.58. The van der Waals surface area contributed by atoms with Crippen LogP contribution in [0.3, 0.4) is 0 Å². The van der Waals surface area contributed by atoms with Gasteiger partial charge in [0.05, 0.1) is 0 Å². The van der Waals surface area contributed by atoms with Crippen molar-refractivity contribution in [2.45, 2.75) is 25.8 Å². The van der Waals surface area contributed by atoms with Gasteiger partial charge in [-0.25, -0.2) is 19.3 Å². The topological polar surface area (TPSA) is 92.3 Å². The van der Waals surface area contributed by atoms with Gasteiger partial charge in [0.1, 0.15) is 12.1 Å². The Morgan fingerprint density at radius 1 is 1.53 bits per heavy atom. The van der Waals surface area contributed by atoms with E-state index in [1.807, 2.05) is 6.07 Å². The molecule has 3 rings (SSSR count). The third-order valence-electron chi connectivity index (χ3n) is 3.90. The summed E-state index contributed by atoms with van der Waals surface area (Å²) in [7, 11) is 0. The molecular formula is C12H18N6O. The van der Waals surface area contributed by atoms with Gasteiger partial charge in [-0.05, 0) is 32.2 Å². The molecule has 1 aliphatic rings. The Morgan fingerprint density at radius 3 is 3.16 bits per heavy atom. The molecule has 0 spiro atoms. The minimum absolute atomic E-state index is 0.263.